The van der Waals surface area contributed by atoms with Crippen LogP contribution in [0.3, 0.4) is 0 Å². The van der Waals surface area contributed by atoms with Gasteiger partial charge in [-0.3, -0.25) is 4.40 Å². The molecule has 1 unspecified atom stereocenters. The van der Waals surface area contributed by atoms with Gasteiger partial charge in [-0.25, -0.2) is 4.98 Å². The van der Waals surface area contributed by atoms with Crippen LogP contribution in [0.25, 0.3) is 4.96 Å². The van der Waals surface area contributed by atoms with Crippen LogP contribution in [0.15, 0.2) is 17.8 Å². The molecular weight excluding hydrogens is 284 g/mol. The third kappa shape index (κ3) is 2.66. The molecule has 16 heavy (non-hydrogen) atoms. The van der Waals surface area contributed by atoms with Gasteiger partial charge in [0.05, 0.1) is 5.69 Å². The van der Waals surface area contributed by atoms with Crippen molar-refractivity contribution in [2.75, 3.05) is 0 Å². The summed E-state index contributed by atoms with van der Waals surface area (Å²) in [6.07, 6.45) is 6.37. The number of thiazole rings is 1. The summed E-state index contributed by atoms with van der Waals surface area (Å²) in [6.45, 7) is 6.79. The van der Waals surface area contributed by atoms with Gasteiger partial charge in [0.1, 0.15) is 0 Å². The maximum atomic E-state index is 4.59. The number of nitrogens with zero attached hydrogens (tertiary/aromatic N) is 2. The van der Waals surface area contributed by atoms with E-state index in [1.807, 2.05) is 0 Å². The molecule has 2 heterocycles. The zero-order valence-electron chi connectivity index (χ0n) is 9.90. The Morgan fingerprint density at radius 1 is 1.50 bits per heavy atom. The largest absolute Gasteiger partial charge is 0.297 e. The first kappa shape index (κ1) is 12.1. The molecule has 2 rings (SSSR count). The van der Waals surface area contributed by atoms with Gasteiger partial charge in [0.25, 0.3) is 0 Å². The number of fused-ring (bicyclic) bond motifs is 1. The predicted octanol–water partition coefficient (Wildman–Crippen LogP) is 4.14. The number of alkyl halides is 1. The zero-order valence-corrected chi connectivity index (χ0v) is 12.3. The molecule has 0 amide bonds. The lowest BCUT2D eigenvalue weighted by Gasteiger charge is -2.25. The van der Waals surface area contributed by atoms with E-state index in [2.05, 4.69) is 63.9 Å². The molecule has 0 aromatic carbocycles. The van der Waals surface area contributed by atoms with Crippen molar-refractivity contribution < 1.29 is 0 Å². The summed E-state index contributed by atoms with van der Waals surface area (Å²) in [6, 6.07) is 0. The first-order chi connectivity index (χ1) is 7.47. The number of hydrogen-bond donors (Lipinski definition) is 0. The Hall–Kier alpha value is -0.350. The minimum atomic E-state index is 0.317. The van der Waals surface area contributed by atoms with Crippen LogP contribution < -0.4 is 0 Å². The van der Waals surface area contributed by atoms with Crippen molar-refractivity contribution in [3.05, 3.63) is 23.5 Å². The number of halogens is 1. The fraction of sp³-hybridized carbons (Fsp3) is 0.583. The van der Waals surface area contributed by atoms with Gasteiger partial charge >= 0.3 is 0 Å². The molecule has 2 aromatic heterocycles. The van der Waals surface area contributed by atoms with Crippen LogP contribution in [-0.2, 0) is 6.42 Å². The fourth-order valence-electron chi connectivity index (χ4n) is 1.60. The molecule has 1 atom stereocenters. The van der Waals surface area contributed by atoms with E-state index in [0.717, 1.165) is 17.8 Å². The minimum absolute atomic E-state index is 0.317. The Balaban J connectivity index is 1.98. The Morgan fingerprint density at radius 2 is 2.25 bits per heavy atom. The Kier molecular flexibility index (Phi) is 3.40. The lowest BCUT2D eigenvalue weighted by molar-refractivity contribution is 0.385. The second kappa shape index (κ2) is 4.49. The van der Waals surface area contributed by atoms with E-state index in [4.69, 9.17) is 0 Å². The van der Waals surface area contributed by atoms with Gasteiger partial charge in [-0.1, -0.05) is 36.7 Å². The fourth-order valence-corrected chi connectivity index (χ4v) is 2.55. The summed E-state index contributed by atoms with van der Waals surface area (Å²) in [7, 11) is 0. The van der Waals surface area contributed by atoms with Crippen LogP contribution in [0.4, 0.5) is 0 Å². The molecule has 0 radical (unpaired) electrons. The third-order valence-corrected chi connectivity index (χ3v) is 5.34. The first-order valence-electron chi connectivity index (χ1n) is 5.52. The first-order valence-corrected chi connectivity index (χ1v) is 7.31. The summed E-state index contributed by atoms with van der Waals surface area (Å²) in [4.78, 5) is 6.22. The van der Waals surface area contributed by atoms with Crippen LogP contribution in [0.5, 0.6) is 0 Å². The Bertz CT molecular complexity index is 438. The van der Waals surface area contributed by atoms with E-state index in [1.54, 1.807) is 11.3 Å². The van der Waals surface area contributed by atoms with Crippen LogP contribution >= 0.6 is 27.3 Å². The maximum Gasteiger partial charge on any atom is 0.193 e. The summed E-state index contributed by atoms with van der Waals surface area (Å²) < 4.78 is 2.10. The molecule has 0 aliphatic heterocycles. The molecule has 2 aromatic rings. The molecule has 88 valence electrons. The molecule has 0 aliphatic rings. The highest BCUT2D eigenvalue weighted by molar-refractivity contribution is 9.09. The Morgan fingerprint density at radius 3 is 2.88 bits per heavy atom. The summed E-state index contributed by atoms with van der Waals surface area (Å²) in [5.41, 5.74) is 1.51. The van der Waals surface area contributed by atoms with E-state index < -0.39 is 0 Å². The second-order valence-electron chi connectivity index (χ2n) is 5.20. The molecule has 0 bridgehead atoms. The molecule has 0 aliphatic carbocycles. The van der Waals surface area contributed by atoms with Gasteiger partial charge in [-0.2, -0.15) is 0 Å². The van der Waals surface area contributed by atoms with Gasteiger partial charge in [-0.15, -0.1) is 11.3 Å². The standard InChI is InChI=1S/C12H17BrN2S/c1-12(2,3)10(13)5-4-9-8-15-6-7-16-11(15)14-9/h6-8,10H,4-5H2,1-3H3. The van der Waals surface area contributed by atoms with Crippen molar-refractivity contribution in [1.82, 2.24) is 9.38 Å². The molecule has 0 spiro atoms. The molecule has 0 saturated heterocycles. The topological polar surface area (TPSA) is 17.3 Å². The van der Waals surface area contributed by atoms with Crippen LogP contribution in [-0.4, -0.2) is 14.2 Å². The van der Waals surface area contributed by atoms with Crippen molar-refractivity contribution in [3.63, 3.8) is 0 Å². The normalized spacial score (nSPS) is 14.5. The maximum absolute atomic E-state index is 4.59. The van der Waals surface area contributed by atoms with Gasteiger partial charge in [0.2, 0.25) is 0 Å². The van der Waals surface area contributed by atoms with E-state index in [9.17, 15) is 0 Å². The number of hydrogen-bond acceptors (Lipinski definition) is 2. The van der Waals surface area contributed by atoms with Crippen LogP contribution in [0.2, 0.25) is 0 Å². The average molecular weight is 301 g/mol. The summed E-state index contributed by atoms with van der Waals surface area (Å²) in [5.74, 6) is 0. The summed E-state index contributed by atoms with van der Waals surface area (Å²) >= 11 is 5.45. The quantitative estimate of drug-likeness (QED) is 0.779. The molecule has 4 heteroatoms. The predicted molar refractivity (Wildman–Crippen MR) is 73.6 cm³/mol. The van der Waals surface area contributed by atoms with Gasteiger partial charge in [0, 0.05) is 22.6 Å². The van der Waals surface area contributed by atoms with E-state index >= 15 is 0 Å². The van der Waals surface area contributed by atoms with Gasteiger partial charge < -0.3 is 0 Å². The van der Waals surface area contributed by atoms with Crippen molar-refractivity contribution in [2.45, 2.75) is 38.4 Å². The van der Waals surface area contributed by atoms with Gasteiger partial charge in [-0.05, 0) is 18.3 Å². The van der Waals surface area contributed by atoms with Crippen molar-refractivity contribution in [3.8, 4) is 0 Å². The second-order valence-corrected chi connectivity index (χ2v) is 7.18. The highest BCUT2D eigenvalue weighted by atomic mass is 79.9. The van der Waals surface area contributed by atoms with Crippen molar-refractivity contribution in [1.29, 1.82) is 0 Å². The molecule has 2 nitrogen and oxygen atoms in total. The SMILES string of the molecule is CC(C)(C)C(Br)CCc1cn2ccsc2n1. The highest BCUT2D eigenvalue weighted by Crippen LogP contribution is 2.29. The number of rotatable bonds is 3. The van der Waals surface area contributed by atoms with Crippen molar-refractivity contribution >= 4 is 32.2 Å². The highest BCUT2D eigenvalue weighted by Gasteiger charge is 2.21. The van der Waals surface area contributed by atoms with E-state index in [-0.39, 0.29) is 0 Å². The number of aromatic nitrogens is 2. The number of imidazole rings is 1. The summed E-state index contributed by atoms with van der Waals surface area (Å²) in [5, 5.41) is 2.06. The zero-order chi connectivity index (χ0) is 11.8. The lowest BCUT2D eigenvalue weighted by atomic mass is 9.89. The smallest absolute Gasteiger partial charge is 0.193 e. The number of aryl methyl sites for hydroxylation is 1. The average Bonchev–Trinajstić information content (AvgIpc) is 2.71. The Labute approximate surface area is 109 Å². The van der Waals surface area contributed by atoms with Crippen LogP contribution in [0, 0.1) is 5.41 Å². The monoisotopic (exact) mass is 300 g/mol. The van der Waals surface area contributed by atoms with E-state index in [0.29, 0.717) is 10.2 Å². The minimum Gasteiger partial charge on any atom is -0.297 e. The molecule has 0 fully saturated rings. The molecule has 0 N–H and O–H groups in total. The lowest BCUT2D eigenvalue weighted by Crippen LogP contribution is -2.20. The van der Waals surface area contributed by atoms with Crippen molar-refractivity contribution in [2.24, 2.45) is 5.41 Å². The van der Waals surface area contributed by atoms with Gasteiger partial charge in [0.15, 0.2) is 4.96 Å². The van der Waals surface area contributed by atoms with Crippen LogP contribution in [0.1, 0.15) is 32.9 Å². The molecule has 0 saturated carbocycles. The molecular formula is C12H17BrN2S. The van der Waals surface area contributed by atoms with E-state index in [1.165, 1.54) is 5.69 Å². The third-order valence-electron chi connectivity index (χ3n) is 2.74.